The third-order valence-electron chi connectivity index (χ3n) is 1.97. The summed E-state index contributed by atoms with van der Waals surface area (Å²) in [6.07, 6.45) is 4.06. The quantitative estimate of drug-likeness (QED) is 0.702. The largest absolute Gasteiger partial charge is 0.481 e. The van der Waals surface area contributed by atoms with E-state index in [-0.39, 0.29) is 0 Å². The first kappa shape index (κ1) is 8.65. The summed E-state index contributed by atoms with van der Waals surface area (Å²) in [5.74, 6) is -1.19. The second-order valence-electron chi connectivity index (χ2n) is 2.87. The number of fused-ring (bicyclic) bond motifs is 1. The van der Waals surface area contributed by atoms with Crippen LogP contribution in [-0.4, -0.2) is 16.1 Å². The van der Waals surface area contributed by atoms with Crippen molar-refractivity contribution in [3.63, 3.8) is 0 Å². The predicted molar refractivity (Wildman–Crippen MR) is 53.4 cm³/mol. The van der Waals surface area contributed by atoms with Gasteiger partial charge >= 0.3 is 5.97 Å². The molecule has 0 aromatic carbocycles. The molecule has 1 aliphatic rings. The van der Waals surface area contributed by atoms with E-state index in [1.54, 1.807) is 6.08 Å². The van der Waals surface area contributed by atoms with Gasteiger partial charge in [0, 0.05) is 17.0 Å². The molecule has 1 aliphatic carbocycles. The summed E-state index contributed by atoms with van der Waals surface area (Å²) in [7, 11) is 0. The smallest absolute Gasteiger partial charge is 0.310 e. The van der Waals surface area contributed by atoms with Gasteiger partial charge < -0.3 is 10.1 Å². The van der Waals surface area contributed by atoms with Crippen molar-refractivity contribution in [3.05, 3.63) is 20.6 Å². The molecule has 1 aromatic heterocycles. The molecule has 68 valence electrons. The van der Waals surface area contributed by atoms with Crippen molar-refractivity contribution in [2.75, 3.05) is 0 Å². The normalized spacial score (nSPS) is 19.8. The van der Waals surface area contributed by atoms with Crippen LogP contribution in [0, 0.1) is 9.87 Å². The van der Waals surface area contributed by atoms with E-state index in [0.717, 1.165) is 10.6 Å². The molecular formula is C8H7NO2S2. The van der Waals surface area contributed by atoms with Crippen molar-refractivity contribution >= 4 is 35.6 Å². The van der Waals surface area contributed by atoms with Crippen LogP contribution < -0.4 is 0 Å². The van der Waals surface area contributed by atoms with Crippen molar-refractivity contribution in [2.45, 2.75) is 6.42 Å². The molecule has 13 heavy (non-hydrogen) atoms. The molecule has 5 heteroatoms. The Morgan fingerprint density at radius 2 is 2.54 bits per heavy atom. The molecule has 1 aromatic rings. The Balaban J connectivity index is 2.38. The number of hydrogen-bond donors (Lipinski definition) is 2. The van der Waals surface area contributed by atoms with E-state index >= 15 is 0 Å². The Hall–Kier alpha value is -0.940. The third kappa shape index (κ3) is 1.57. The predicted octanol–water partition coefficient (Wildman–Crippen LogP) is 2.08. The molecule has 0 aliphatic heterocycles. The summed E-state index contributed by atoms with van der Waals surface area (Å²) in [5, 5.41) is 8.78. The van der Waals surface area contributed by atoms with Gasteiger partial charge in [0.15, 0.2) is 3.95 Å². The Kier molecular flexibility index (Phi) is 2.05. The van der Waals surface area contributed by atoms with Gasteiger partial charge in [-0.3, -0.25) is 4.79 Å². The highest BCUT2D eigenvalue weighted by Gasteiger charge is 2.21. The van der Waals surface area contributed by atoms with E-state index in [4.69, 9.17) is 17.3 Å². The van der Waals surface area contributed by atoms with Gasteiger partial charge in [0.2, 0.25) is 0 Å². The molecule has 0 saturated heterocycles. The third-order valence-corrected chi connectivity index (χ3v) is 3.22. The number of carbonyl (C=O) groups is 1. The van der Waals surface area contributed by atoms with E-state index in [1.165, 1.54) is 11.3 Å². The summed E-state index contributed by atoms with van der Waals surface area (Å²) in [6.45, 7) is 0. The molecule has 0 fully saturated rings. The molecule has 0 spiro atoms. The first-order chi connectivity index (χ1) is 6.16. The maximum absolute atomic E-state index is 10.7. The number of nitrogens with one attached hydrogen (secondary N) is 1. The lowest BCUT2D eigenvalue weighted by Gasteiger charge is -2.10. The van der Waals surface area contributed by atoms with Gasteiger partial charge in [0.1, 0.15) is 0 Å². The first-order valence-electron chi connectivity index (χ1n) is 3.80. The maximum Gasteiger partial charge on any atom is 0.310 e. The second-order valence-corrected chi connectivity index (χ2v) is 4.58. The number of aromatic nitrogens is 1. The molecule has 0 bridgehead atoms. The average Bonchev–Trinajstić information content (AvgIpc) is 2.42. The van der Waals surface area contributed by atoms with Crippen LogP contribution in [0.25, 0.3) is 6.08 Å². The molecule has 0 saturated carbocycles. The Labute approximate surface area is 83.7 Å². The van der Waals surface area contributed by atoms with Crippen molar-refractivity contribution in [1.82, 2.24) is 4.98 Å². The van der Waals surface area contributed by atoms with Gasteiger partial charge in [-0.1, -0.05) is 6.08 Å². The number of carboxylic acid groups (broad SMARTS) is 1. The highest BCUT2D eigenvalue weighted by Crippen LogP contribution is 2.26. The van der Waals surface area contributed by atoms with Gasteiger partial charge in [-0.15, -0.1) is 11.3 Å². The number of aliphatic carboxylic acids is 1. The molecule has 2 rings (SSSR count). The summed E-state index contributed by atoms with van der Waals surface area (Å²) in [5.41, 5.74) is 0.949. The van der Waals surface area contributed by atoms with E-state index in [2.05, 4.69) is 4.98 Å². The number of H-pyrrole nitrogens is 1. The lowest BCUT2D eigenvalue weighted by Crippen LogP contribution is -2.16. The molecule has 1 unspecified atom stereocenters. The van der Waals surface area contributed by atoms with Gasteiger partial charge in [0.05, 0.1) is 5.92 Å². The number of carboxylic acids is 1. The lowest BCUT2D eigenvalue weighted by atomic mass is 9.98. The van der Waals surface area contributed by atoms with Crippen LogP contribution in [0.2, 0.25) is 0 Å². The molecule has 0 amide bonds. The van der Waals surface area contributed by atoms with Crippen LogP contribution >= 0.6 is 23.6 Å². The van der Waals surface area contributed by atoms with Crippen LogP contribution in [-0.2, 0) is 11.2 Å². The number of thiazole rings is 1. The minimum absolute atomic E-state index is 0.409. The maximum atomic E-state index is 10.7. The molecule has 3 nitrogen and oxygen atoms in total. The zero-order valence-corrected chi connectivity index (χ0v) is 8.24. The lowest BCUT2D eigenvalue weighted by molar-refractivity contribution is -0.140. The summed E-state index contributed by atoms with van der Waals surface area (Å²) >= 11 is 6.45. The molecule has 2 N–H and O–H groups in total. The van der Waals surface area contributed by atoms with Crippen LogP contribution in [0.15, 0.2) is 6.08 Å². The second kappa shape index (κ2) is 3.08. The van der Waals surface area contributed by atoms with Gasteiger partial charge in [0.25, 0.3) is 0 Å². The fraction of sp³-hybridized carbons (Fsp3) is 0.250. The van der Waals surface area contributed by atoms with Gasteiger partial charge in [-0.2, -0.15) is 0 Å². The highest BCUT2D eigenvalue weighted by molar-refractivity contribution is 7.73. The number of aromatic amines is 1. The minimum Gasteiger partial charge on any atom is -0.481 e. The Bertz CT molecular complexity index is 430. The standard InChI is InChI=1S/C8H7NO2S2/c10-7(11)4-1-2-6-5(3-4)9-8(12)13-6/h1-2,4H,3H2,(H,9,12)(H,10,11). The highest BCUT2D eigenvalue weighted by atomic mass is 32.1. The van der Waals surface area contributed by atoms with E-state index in [1.807, 2.05) is 6.08 Å². The van der Waals surface area contributed by atoms with Gasteiger partial charge in [-0.25, -0.2) is 0 Å². The van der Waals surface area contributed by atoms with Crippen LogP contribution in [0.4, 0.5) is 0 Å². The van der Waals surface area contributed by atoms with Gasteiger partial charge in [-0.05, 0) is 18.3 Å². The molecule has 1 atom stereocenters. The molecule has 0 radical (unpaired) electrons. The zero-order valence-electron chi connectivity index (χ0n) is 6.61. The van der Waals surface area contributed by atoms with Crippen molar-refractivity contribution in [3.8, 4) is 0 Å². The SMILES string of the molecule is O=C(O)C1C=Cc2sc(=S)[nH]c2C1. The summed E-state index contributed by atoms with van der Waals surface area (Å²) < 4.78 is 0.709. The fourth-order valence-corrected chi connectivity index (χ4v) is 2.49. The van der Waals surface area contributed by atoms with Crippen LogP contribution in [0.1, 0.15) is 10.6 Å². The zero-order chi connectivity index (χ0) is 9.42. The fourth-order valence-electron chi connectivity index (χ4n) is 1.32. The van der Waals surface area contributed by atoms with Crippen molar-refractivity contribution in [2.24, 2.45) is 5.92 Å². The monoisotopic (exact) mass is 213 g/mol. The van der Waals surface area contributed by atoms with Crippen LogP contribution in [0.3, 0.4) is 0 Å². The first-order valence-corrected chi connectivity index (χ1v) is 5.02. The number of hydrogen-bond acceptors (Lipinski definition) is 3. The summed E-state index contributed by atoms with van der Waals surface area (Å²) in [4.78, 5) is 14.7. The Morgan fingerprint density at radius 3 is 3.23 bits per heavy atom. The van der Waals surface area contributed by atoms with E-state index in [0.29, 0.717) is 10.4 Å². The van der Waals surface area contributed by atoms with Crippen molar-refractivity contribution < 1.29 is 9.90 Å². The molecular weight excluding hydrogens is 206 g/mol. The molecule has 1 heterocycles. The van der Waals surface area contributed by atoms with Crippen molar-refractivity contribution in [1.29, 1.82) is 0 Å². The van der Waals surface area contributed by atoms with E-state index < -0.39 is 11.9 Å². The number of rotatable bonds is 1. The summed E-state index contributed by atoms with van der Waals surface area (Å²) in [6, 6.07) is 0. The minimum atomic E-state index is -0.785. The topological polar surface area (TPSA) is 53.1 Å². The Morgan fingerprint density at radius 1 is 1.77 bits per heavy atom. The average molecular weight is 213 g/mol. The van der Waals surface area contributed by atoms with E-state index in [9.17, 15) is 4.79 Å². The van der Waals surface area contributed by atoms with Crippen LogP contribution in [0.5, 0.6) is 0 Å².